The zero-order valence-corrected chi connectivity index (χ0v) is 16.1. The van der Waals surface area contributed by atoms with Crippen molar-refractivity contribution in [2.45, 2.75) is 19.9 Å². The topological polar surface area (TPSA) is 64.6 Å². The highest BCUT2D eigenvalue weighted by molar-refractivity contribution is 5.96. The van der Waals surface area contributed by atoms with Gasteiger partial charge in [0.05, 0.1) is 13.5 Å². The predicted octanol–water partition coefficient (Wildman–Crippen LogP) is 4.05. The van der Waals surface area contributed by atoms with Gasteiger partial charge in [-0.2, -0.15) is 0 Å². The van der Waals surface area contributed by atoms with E-state index in [1.807, 2.05) is 0 Å². The number of esters is 1. The zero-order valence-electron chi connectivity index (χ0n) is 16.1. The number of nitrogens with one attached hydrogen (secondary N) is 1. The van der Waals surface area contributed by atoms with Gasteiger partial charge >= 0.3 is 5.97 Å². The maximum absolute atomic E-state index is 13.0. The predicted molar refractivity (Wildman–Crippen MR) is 104 cm³/mol. The van der Waals surface area contributed by atoms with E-state index in [4.69, 9.17) is 4.74 Å². The molecule has 0 spiro atoms. The summed E-state index contributed by atoms with van der Waals surface area (Å²) < 4.78 is 36.2. The fourth-order valence-electron chi connectivity index (χ4n) is 2.32. The van der Waals surface area contributed by atoms with Gasteiger partial charge in [-0.15, -0.1) is 0 Å². The van der Waals surface area contributed by atoms with Crippen LogP contribution in [0, 0.1) is 11.6 Å². The number of carbonyl (C=O) groups is 2. The van der Waals surface area contributed by atoms with E-state index in [1.54, 1.807) is 19.1 Å². The largest absolute Gasteiger partial charge is 0.469 e. The molecular weight excluding hydrogens is 380 g/mol. The Labute approximate surface area is 167 Å². The third-order valence-corrected chi connectivity index (χ3v) is 3.80. The maximum Gasteiger partial charge on any atom is 0.309 e. The number of hydrogen-bond acceptors (Lipinski definition) is 4. The molecule has 0 bridgehead atoms. The first kappa shape index (κ1) is 21.8. The molecule has 0 unspecified atom stereocenters. The molecule has 2 rings (SSSR count). The lowest BCUT2D eigenvalue weighted by molar-refractivity contribution is -0.139. The van der Waals surface area contributed by atoms with Gasteiger partial charge in [0.2, 0.25) is 0 Å². The Morgan fingerprint density at radius 2 is 1.59 bits per heavy atom. The van der Waals surface area contributed by atoms with Crippen molar-refractivity contribution in [2.75, 3.05) is 7.11 Å². The van der Waals surface area contributed by atoms with Gasteiger partial charge in [0.15, 0.2) is 0 Å². The second-order valence-corrected chi connectivity index (χ2v) is 6.06. The smallest absolute Gasteiger partial charge is 0.309 e. The van der Waals surface area contributed by atoms with Crippen molar-refractivity contribution in [2.24, 2.45) is 0 Å². The minimum Gasteiger partial charge on any atom is -0.469 e. The lowest BCUT2D eigenvalue weighted by Crippen LogP contribution is -2.24. The monoisotopic (exact) mass is 401 g/mol. The summed E-state index contributed by atoms with van der Waals surface area (Å²) in [6, 6.07) is 11.2. The van der Waals surface area contributed by atoms with E-state index in [0.29, 0.717) is 11.5 Å². The van der Waals surface area contributed by atoms with Crippen molar-refractivity contribution in [1.82, 2.24) is 5.32 Å². The van der Waals surface area contributed by atoms with Crippen molar-refractivity contribution in [3.05, 3.63) is 89.2 Å². The van der Waals surface area contributed by atoms with Crippen LogP contribution in [0.1, 0.15) is 18.9 Å². The van der Waals surface area contributed by atoms with Crippen LogP contribution >= 0.6 is 0 Å². The number of benzene rings is 2. The molecule has 0 aromatic heterocycles. The standard InChI is InChI=1S/C22H21F2NO4/c1-15(29-20-10-8-19(24)9-11-20)13-17(5-12-21(26)28-2)22(27)25-14-16-3-6-18(23)7-4-16/h3-11,13H,12,14H2,1-2H3,(H,25,27)/b15-13+,17-5+. The molecule has 0 heterocycles. The van der Waals surface area contributed by atoms with E-state index in [-0.39, 0.29) is 24.4 Å². The molecule has 0 atom stereocenters. The average Bonchev–Trinajstić information content (AvgIpc) is 2.71. The van der Waals surface area contributed by atoms with E-state index in [2.05, 4.69) is 10.1 Å². The van der Waals surface area contributed by atoms with Crippen LogP contribution in [0.4, 0.5) is 8.78 Å². The van der Waals surface area contributed by atoms with Gasteiger partial charge < -0.3 is 14.8 Å². The van der Waals surface area contributed by atoms with Gasteiger partial charge in [0.25, 0.3) is 5.91 Å². The number of ether oxygens (including phenoxy) is 2. The summed E-state index contributed by atoms with van der Waals surface area (Å²) in [7, 11) is 1.25. The summed E-state index contributed by atoms with van der Waals surface area (Å²) in [5, 5.41) is 2.71. The highest BCUT2D eigenvalue weighted by Gasteiger charge is 2.10. The van der Waals surface area contributed by atoms with E-state index in [9.17, 15) is 18.4 Å². The van der Waals surface area contributed by atoms with Gasteiger partial charge in [-0.25, -0.2) is 8.78 Å². The van der Waals surface area contributed by atoms with E-state index < -0.39 is 17.7 Å². The van der Waals surface area contributed by atoms with Crippen molar-refractivity contribution >= 4 is 11.9 Å². The zero-order chi connectivity index (χ0) is 21.2. The molecule has 7 heteroatoms. The second-order valence-electron chi connectivity index (χ2n) is 6.06. The summed E-state index contributed by atoms with van der Waals surface area (Å²) in [6.45, 7) is 1.81. The van der Waals surface area contributed by atoms with E-state index in [0.717, 1.165) is 5.56 Å². The van der Waals surface area contributed by atoms with Crippen molar-refractivity contribution in [3.8, 4) is 5.75 Å². The van der Waals surface area contributed by atoms with Crippen LogP contribution in [0.25, 0.3) is 0 Å². The molecule has 0 saturated carbocycles. The highest BCUT2D eigenvalue weighted by Crippen LogP contribution is 2.16. The third-order valence-electron chi connectivity index (χ3n) is 3.80. The second kappa shape index (κ2) is 10.8. The van der Waals surface area contributed by atoms with Gasteiger partial charge in [0, 0.05) is 12.1 Å². The number of carbonyl (C=O) groups excluding carboxylic acids is 2. The maximum atomic E-state index is 13.0. The van der Waals surface area contributed by atoms with Gasteiger partial charge in [-0.3, -0.25) is 9.59 Å². The molecule has 2 aromatic rings. The number of allylic oxidation sites excluding steroid dienone is 1. The van der Waals surface area contributed by atoms with Crippen molar-refractivity contribution in [1.29, 1.82) is 0 Å². The molecule has 5 nitrogen and oxygen atoms in total. The van der Waals surface area contributed by atoms with Crippen molar-refractivity contribution in [3.63, 3.8) is 0 Å². The summed E-state index contributed by atoms with van der Waals surface area (Å²) in [5.74, 6) is -0.934. The Morgan fingerprint density at radius 3 is 2.17 bits per heavy atom. The van der Waals surface area contributed by atoms with Crippen LogP contribution < -0.4 is 10.1 Å². The molecule has 1 amide bonds. The number of amides is 1. The molecule has 29 heavy (non-hydrogen) atoms. The third kappa shape index (κ3) is 7.57. The Balaban J connectivity index is 2.11. The number of hydrogen-bond donors (Lipinski definition) is 1. The fourth-order valence-corrected chi connectivity index (χ4v) is 2.32. The number of methoxy groups -OCH3 is 1. The summed E-state index contributed by atoms with van der Waals surface area (Å²) in [5.41, 5.74) is 0.910. The minimum absolute atomic E-state index is 0.101. The van der Waals surface area contributed by atoms with Crippen LogP contribution in [0.15, 0.2) is 72.0 Å². The van der Waals surface area contributed by atoms with Crippen molar-refractivity contribution < 1.29 is 27.8 Å². The Morgan fingerprint density at radius 1 is 1.00 bits per heavy atom. The Bertz CT molecular complexity index is 903. The molecule has 0 radical (unpaired) electrons. The Hall–Kier alpha value is -3.48. The van der Waals surface area contributed by atoms with Gasteiger partial charge in [0.1, 0.15) is 23.1 Å². The van der Waals surface area contributed by atoms with E-state index >= 15 is 0 Å². The lowest BCUT2D eigenvalue weighted by atomic mass is 10.1. The molecular formula is C22H21F2NO4. The normalized spacial score (nSPS) is 11.7. The molecule has 0 aliphatic heterocycles. The van der Waals surface area contributed by atoms with Gasteiger partial charge in [-0.05, 0) is 55.0 Å². The lowest BCUT2D eigenvalue weighted by Gasteiger charge is -2.09. The summed E-state index contributed by atoms with van der Waals surface area (Å²) in [6.07, 6.45) is 2.78. The summed E-state index contributed by atoms with van der Waals surface area (Å²) >= 11 is 0. The van der Waals surface area contributed by atoms with Crippen LogP contribution in [0.3, 0.4) is 0 Å². The summed E-state index contributed by atoms with van der Waals surface area (Å²) in [4.78, 5) is 24.0. The SMILES string of the molecule is COC(=O)C/C=C(\C=C(/C)Oc1ccc(F)cc1)C(=O)NCc1ccc(F)cc1. The van der Waals surface area contributed by atoms with Crippen LogP contribution in [0.2, 0.25) is 0 Å². The molecule has 2 aromatic carbocycles. The molecule has 0 aliphatic carbocycles. The van der Waals surface area contributed by atoms with Gasteiger partial charge in [-0.1, -0.05) is 18.2 Å². The molecule has 0 saturated heterocycles. The van der Waals surface area contributed by atoms with Crippen LogP contribution in [0.5, 0.6) is 5.75 Å². The average molecular weight is 401 g/mol. The number of rotatable bonds is 8. The minimum atomic E-state index is -0.501. The fraction of sp³-hybridized carbons (Fsp3) is 0.182. The van der Waals surface area contributed by atoms with Crippen LogP contribution in [-0.2, 0) is 20.9 Å². The highest BCUT2D eigenvalue weighted by atomic mass is 19.1. The molecule has 1 N–H and O–H groups in total. The first-order valence-corrected chi connectivity index (χ1v) is 8.78. The molecule has 0 aliphatic rings. The number of halogens is 2. The first-order valence-electron chi connectivity index (χ1n) is 8.78. The van der Waals surface area contributed by atoms with Crippen LogP contribution in [-0.4, -0.2) is 19.0 Å². The quantitative estimate of drug-likeness (QED) is 0.314. The van der Waals surface area contributed by atoms with E-state index in [1.165, 1.54) is 55.7 Å². The Kier molecular flexibility index (Phi) is 8.09. The molecule has 0 fully saturated rings. The molecule has 152 valence electrons. The first-order chi connectivity index (χ1) is 13.9.